The van der Waals surface area contributed by atoms with E-state index in [-0.39, 0.29) is 11.8 Å². The van der Waals surface area contributed by atoms with Crippen LogP contribution in [0.2, 0.25) is 5.02 Å². The number of imidazole rings is 1. The molecule has 0 amide bonds. The lowest BCUT2D eigenvalue weighted by atomic mass is 9.80. The molecule has 0 bridgehead atoms. The maximum Gasteiger partial charge on any atom is 0.201 e. The Balaban J connectivity index is 1.82. The topological polar surface area (TPSA) is 69.8 Å². The van der Waals surface area contributed by atoms with Crippen LogP contribution >= 0.6 is 11.6 Å². The Morgan fingerprint density at radius 3 is 2.85 bits per heavy atom. The van der Waals surface area contributed by atoms with Crippen LogP contribution in [0.25, 0.3) is 11.0 Å². The Hall–Kier alpha value is -2.37. The third kappa shape index (κ3) is 2.77. The van der Waals surface area contributed by atoms with Gasteiger partial charge in [0.15, 0.2) is 0 Å². The lowest BCUT2D eigenvalue weighted by molar-refractivity contribution is -0.119. The van der Waals surface area contributed by atoms with E-state index >= 15 is 0 Å². The van der Waals surface area contributed by atoms with E-state index in [4.69, 9.17) is 11.6 Å². The van der Waals surface area contributed by atoms with E-state index in [2.05, 4.69) is 26.7 Å². The number of carbonyl (C=O) groups is 1. The molecule has 0 radical (unpaired) electrons. The smallest absolute Gasteiger partial charge is 0.201 e. The second-order valence-corrected chi connectivity index (χ2v) is 7.32. The first-order valence-corrected chi connectivity index (χ1v) is 9.11. The molecule has 1 aliphatic heterocycles. The van der Waals surface area contributed by atoms with Crippen molar-refractivity contribution in [3.63, 3.8) is 0 Å². The maximum atomic E-state index is 12.4. The molecule has 5 nitrogen and oxygen atoms in total. The molecule has 0 aliphatic carbocycles. The number of aryl methyl sites for hydroxylation is 1. The number of aromatic nitrogens is 2. The second kappa shape index (κ2) is 6.41. The zero-order valence-corrected chi connectivity index (χ0v) is 15.5. The van der Waals surface area contributed by atoms with Crippen LogP contribution in [-0.2, 0) is 10.3 Å². The minimum atomic E-state index is -0.574. The van der Waals surface area contributed by atoms with Gasteiger partial charge in [0.05, 0.1) is 22.6 Å². The number of hydrogen-bond donors (Lipinski definition) is 3. The third-order valence-corrected chi connectivity index (χ3v) is 5.60. The zero-order valence-electron chi connectivity index (χ0n) is 14.8. The molecule has 1 aliphatic rings. The van der Waals surface area contributed by atoms with E-state index in [1.807, 2.05) is 43.3 Å². The Bertz CT molecular complexity index is 950. The van der Waals surface area contributed by atoms with Crippen LogP contribution in [0.3, 0.4) is 0 Å². The molecule has 1 saturated heterocycles. The standard InChI is InChI=1S/C20H21ClN4O/c1-12-11-14(7-8-15(12)21)20(9-10-22-18(20)13(2)26)25-19-23-16-5-3-4-6-17(16)24-19/h3-8,11,18,22H,9-10H2,1-2H3,(H2,23,24,25)/t18-,20?/m1/s1. The monoisotopic (exact) mass is 368 g/mol. The molecule has 2 aromatic carbocycles. The van der Waals surface area contributed by atoms with Crippen molar-refractivity contribution >= 4 is 34.4 Å². The van der Waals surface area contributed by atoms with Crippen molar-refractivity contribution in [1.82, 2.24) is 15.3 Å². The fraction of sp³-hybridized carbons (Fsp3) is 0.300. The minimum absolute atomic E-state index is 0.0960. The molecule has 3 N–H and O–H groups in total. The van der Waals surface area contributed by atoms with E-state index in [1.165, 1.54) is 0 Å². The van der Waals surface area contributed by atoms with Gasteiger partial charge in [-0.1, -0.05) is 35.9 Å². The van der Waals surface area contributed by atoms with Crippen LogP contribution in [0.15, 0.2) is 42.5 Å². The summed E-state index contributed by atoms with van der Waals surface area (Å²) in [5, 5.41) is 7.61. The molecule has 1 unspecified atom stereocenters. The van der Waals surface area contributed by atoms with E-state index in [9.17, 15) is 4.79 Å². The summed E-state index contributed by atoms with van der Waals surface area (Å²) >= 11 is 6.22. The first-order chi connectivity index (χ1) is 12.5. The number of hydrogen-bond acceptors (Lipinski definition) is 4. The molecule has 6 heteroatoms. The normalized spacial score (nSPS) is 22.7. The van der Waals surface area contributed by atoms with E-state index < -0.39 is 5.54 Å². The summed E-state index contributed by atoms with van der Waals surface area (Å²) in [5.74, 6) is 0.757. The van der Waals surface area contributed by atoms with Crippen molar-refractivity contribution in [1.29, 1.82) is 0 Å². The molecule has 2 atom stereocenters. The highest BCUT2D eigenvalue weighted by atomic mass is 35.5. The molecular weight excluding hydrogens is 348 g/mol. The van der Waals surface area contributed by atoms with Gasteiger partial charge in [-0.25, -0.2) is 4.98 Å². The zero-order chi connectivity index (χ0) is 18.3. The predicted molar refractivity (Wildman–Crippen MR) is 105 cm³/mol. The van der Waals surface area contributed by atoms with Crippen LogP contribution in [0.5, 0.6) is 0 Å². The number of rotatable bonds is 4. The van der Waals surface area contributed by atoms with Crippen molar-refractivity contribution in [3.05, 3.63) is 58.6 Å². The number of benzene rings is 2. The van der Waals surface area contributed by atoms with Gasteiger partial charge in [0, 0.05) is 5.02 Å². The largest absolute Gasteiger partial charge is 0.344 e. The van der Waals surface area contributed by atoms with Gasteiger partial charge in [-0.2, -0.15) is 0 Å². The highest BCUT2D eigenvalue weighted by molar-refractivity contribution is 6.31. The highest BCUT2D eigenvalue weighted by Crippen LogP contribution is 2.38. The Morgan fingerprint density at radius 1 is 1.31 bits per heavy atom. The lowest BCUT2D eigenvalue weighted by Crippen LogP contribution is -2.50. The van der Waals surface area contributed by atoms with Crippen LogP contribution in [0.1, 0.15) is 24.5 Å². The van der Waals surface area contributed by atoms with Gasteiger partial charge in [-0.05, 0) is 56.1 Å². The van der Waals surface area contributed by atoms with E-state index in [1.54, 1.807) is 6.92 Å². The summed E-state index contributed by atoms with van der Waals surface area (Å²) < 4.78 is 0. The summed E-state index contributed by atoms with van der Waals surface area (Å²) in [6, 6.07) is 13.5. The van der Waals surface area contributed by atoms with Gasteiger partial charge in [0.25, 0.3) is 0 Å². The van der Waals surface area contributed by atoms with Gasteiger partial charge in [-0.3, -0.25) is 4.79 Å². The molecular formula is C20H21ClN4O. The van der Waals surface area contributed by atoms with E-state index in [0.717, 1.165) is 40.1 Å². The summed E-state index contributed by atoms with van der Waals surface area (Å²) in [6.45, 7) is 4.35. The average Bonchev–Trinajstić information content (AvgIpc) is 3.21. The Kier molecular flexibility index (Phi) is 4.21. The minimum Gasteiger partial charge on any atom is -0.344 e. The quantitative estimate of drug-likeness (QED) is 0.655. The number of aromatic amines is 1. The number of Topliss-reactive ketones (excluding diaryl/α,β-unsaturated/α-hetero) is 1. The number of halogens is 1. The summed E-state index contributed by atoms with van der Waals surface area (Å²) in [4.78, 5) is 20.4. The first kappa shape index (κ1) is 17.1. The van der Waals surface area contributed by atoms with Crippen molar-refractivity contribution in [2.45, 2.75) is 31.8 Å². The number of fused-ring (bicyclic) bond motifs is 1. The van der Waals surface area contributed by atoms with Crippen molar-refractivity contribution in [3.8, 4) is 0 Å². The number of H-pyrrole nitrogens is 1. The number of para-hydroxylation sites is 2. The fourth-order valence-electron chi connectivity index (χ4n) is 3.89. The molecule has 1 aromatic heterocycles. The Labute approximate surface area is 157 Å². The number of nitrogens with one attached hydrogen (secondary N) is 3. The SMILES string of the molecule is CC(=O)[C@H]1NCCC1(Nc1nc2ccccc2[nH]1)c1ccc(Cl)c(C)c1. The number of anilines is 1. The predicted octanol–water partition coefficient (Wildman–Crippen LogP) is 3.78. The summed E-state index contributed by atoms with van der Waals surface area (Å²) in [5.41, 5.74) is 3.30. The molecule has 4 rings (SSSR count). The average molecular weight is 369 g/mol. The van der Waals surface area contributed by atoms with Crippen molar-refractivity contribution in [2.75, 3.05) is 11.9 Å². The number of ketones is 1. The van der Waals surface area contributed by atoms with Crippen molar-refractivity contribution in [2.24, 2.45) is 0 Å². The first-order valence-electron chi connectivity index (χ1n) is 8.73. The maximum absolute atomic E-state index is 12.4. The van der Waals surface area contributed by atoms with Crippen LogP contribution in [0, 0.1) is 6.92 Å². The Morgan fingerprint density at radius 2 is 2.12 bits per heavy atom. The van der Waals surface area contributed by atoms with Crippen LogP contribution in [0.4, 0.5) is 5.95 Å². The molecule has 0 spiro atoms. The third-order valence-electron chi connectivity index (χ3n) is 5.17. The van der Waals surface area contributed by atoms with Gasteiger partial charge in [-0.15, -0.1) is 0 Å². The molecule has 0 saturated carbocycles. The van der Waals surface area contributed by atoms with Crippen LogP contribution in [-0.4, -0.2) is 28.3 Å². The molecule has 1 fully saturated rings. The van der Waals surface area contributed by atoms with Gasteiger partial charge < -0.3 is 15.6 Å². The summed E-state index contributed by atoms with van der Waals surface area (Å²) in [6.07, 6.45) is 0.773. The number of carbonyl (C=O) groups excluding carboxylic acids is 1. The molecule has 3 aromatic rings. The second-order valence-electron chi connectivity index (χ2n) is 6.91. The highest BCUT2D eigenvalue weighted by Gasteiger charge is 2.47. The molecule has 2 heterocycles. The van der Waals surface area contributed by atoms with Gasteiger partial charge in [0.2, 0.25) is 5.95 Å². The molecule has 134 valence electrons. The van der Waals surface area contributed by atoms with Crippen molar-refractivity contribution < 1.29 is 4.79 Å². The van der Waals surface area contributed by atoms with E-state index in [0.29, 0.717) is 5.95 Å². The molecule has 26 heavy (non-hydrogen) atoms. The summed E-state index contributed by atoms with van der Waals surface area (Å²) in [7, 11) is 0. The lowest BCUT2D eigenvalue weighted by Gasteiger charge is -2.35. The van der Waals surface area contributed by atoms with Gasteiger partial charge >= 0.3 is 0 Å². The number of nitrogens with zero attached hydrogens (tertiary/aromatic N) is 1. The fourth-order valence-corrected chi connectivity index (χ4v) is 4.00. The van der Waals surface area contributed by atoms with Gasteiger partial charge in [0.1, 0.15) is 5.78 Å². The van der Waals surface area contributed by atoms with Crippen LogP contribution < -0.4 is 10.6 Å².